The van der Waals surface area contributed by atoms with Crippen molar-refractivity contribution in [1.82, 2.24) is 14.6 Å². The molecule has 1 aromatic heterocycles. The van der Waals surface area contributed by atoms with Crippen molar-refractivity contribution in [3.05, 3.63) is 82.4 Å². The summed E-state index contributed by atoms with van der Waals surface area (Å²) in [5, 5.41) is 15.4. The molecule has 3 unspecified atom stereocenters. The van der Waals surface area contributed by atoms with Crippen LogP contribution in [-0.2, 0) is 29.8 Å². The Bertz CT molecular complexity index is 1780. The van der Waals surface area contributed by atoms with Gasteiger partial charge in [0.25, 0.3) is 5.91 Å². The van der Waals surface area contributed by atoms with Crippen molar-refractivity contribution >= 4 is 25.4 Å². The molecule has 0 spiro atoms. The van der Waals surface area contributed by atoms with Crippen LogP contribution < -0.4 is 25.4 Å². The first kappa shape index (κ1) is 36.1. The highest BCUT2D eigenvalue weighted by atomic mass is 31.2. The van der Waals surface area contributed by atoms with E-state index in [1.807, 2.05) is 6.92 Å². The summed E-state index contributed by atoms with van der Waals surface area (Å²) in [5.41, 5.74) is -0.0659. The van der Waals surface area contributed by atoms with Gasteiger partial charge in [0.05, 0.1) is 18.8 Å². The molecule has 0 saturated carbocycles. The Morgan fingerprint density at radius 1 is 1.16 bits per heavy atom. The Morgan fingerprint density at radius 2 is 1.90 bits per heavy atom. The van der Waals surface area contributed by atoms with E-state index in [0.29, 0.717) is 10.3 Å². The van der Waals surface area contributed by atoms with Crippen LogP contribution in [0.15, 0.2) is 65.6 Å². The summed E-state index contributed by atoms with van der Waals surface area (Å²) in [6.45, 7) is 5.63. The number of nitrogens with zero attached hydrogens (tertiary/aromatic N) is 2. The maximum Gasteiger partial charge on any atom is 0.459 e. The quantitative estimate of drug-likeness (QED) is 0.181. The second-order valence-electron chi connectivity index (χ2n) is 11.9. The third-order valence-electron chi connectivity index (χ3n) is 7.61. The van der Waals surface area contributed by atoms with Gasteiger partial charge in [0.2, 0.25) is 6.23 Å². The van der Waals surface area contributed by atoms with Gasteiger partial charge in [0, 0.05) is 11.8 Å². The molecule has 1 amide bonds. The van der Waals surface area contributed by atoms with E-state index in [-0.39, 0.29) is 23.2 Å². The number of aromatic nitrogens is 2. The average molecular weight is 707 g/mol. The first-order chi connectivity index (χ1) is 23.1. The highest BCUT2D eigenvalue weighted by Crippen LogP contribution is 2.48. The molecule has 14 nitrogen and oxygen atoms in total. The molecule has 6 atom stereocenters. The number of hydrogen-bond acceptors (Lipinski definition) is 11. The number of carbonyl (C=O) groups excluding carboxylic acids is 2. The standard InChI is InChI=1S/C32H37F2N4O10P/c1-18(2)45-29(41)20(4)37-49(43,48-23-8-6-5-7-9-23)44-17-25-27(39)32(33,34)30(47-25)38-15-14-26(36-31(38)42)35-28(40)22-12-13-24-21(16-22)11-10-19(3)46-24/h5-9,12-16,18-20,25,27,30,39H,10-11,17H2,1-4H3,(H,37,43)(H,35,36,40,42)/t19?,20-,25-,27-,30?,49?/m1/s1. The van der Waals surface area contributed by atoms with Crippen LogP contribution in [0.4, 0.5) is 14.6 Å². The normalized spacial score (nSPS) is 23.1. The number of hydrogen-bond donors (Lipinski definition) is 3. The average Bonchev–Trinajstić information content (AvgIpc) is 3.27. The number of ether oxygens (including phenoxy) is 3. The molecule has 0 bridgehead atoms. The van der Waals surface area contributed by atoms with Gasteiger partial charge in [-0.1, -0.05) is 18.2 Å². The van der Waals surface area contributed by atoms with Gasteiger partial charge >= 0.3 is 25.3 Å². The number of para-hydroxylation sites is 1. The van der Waals surface area contributed by atoms with Gasteiger partial charge in [-0.3, -0.25) is 18.7 Å². The molecule has 3 heterocycles. The van der Waals surface area contributed by atoms with Gasteiger partial charge < -0.3 is 29.2 Å². The number of aliphatic hydroxyl groups is 1. The van der Waals surface area contributed by atoms with Crippen LogP contribution in [-0.4, -0.2) is 69.5 Å². The number of anilines is 1. The number of rotatable bonds is 12. The third kappa shape index (κ3) is 8.51. The lowest BCUT2D eigenvalue weighted by atomic mass is 10.0. The highest BCUT2D eigenvalue weighted by molar-refractivity contribution is 7.52. The number of halogens is 2. The number of carbonyl (C=O) groups is 2. The van der Waals surface area contributed by atoms with Crippen molar-refractivity contribution in [1.29, 1.82) is 0 Å². The van der Waals surface area contributed by atoms with Crippen molar-refractivity contribution < 1.29 is 51.3 Å². The molecule has 1 saturated heterocycles. The largest absolute Gasteiger partial charge is 0.490 e. The Hall–Kier alpha value is -4.21. The smallest absolute Gasteiger partial charge is 0.459 e. The summed E-state index contributed by atoms with van der Waals surface area (Å²) in [4.78, 5) is 41.8. The van der Waals surface area contributed by atoms with E-state index < -0.39 is 68.4 Å². The zero-order chi connectivity index (χ0) is 35.5. The maximum absolute atomic E-state index is 15.3. The molecule has 0 radical (unpaired) electrons. The van der Waals surface area contributed by atoms with Gasteiger partial charge in [0.1, 0.15) is 29.5 Å². The highest BCUT2D eigenvalue weighted by Gasteiger charge is 2.60. The zero-order valence-corrected chi connectivity index (χ0v) is 28.0. The van der Waals surface area contributed by atoms with E-state index in [1.165, 1.54) is 19.1 Å². The van der Waals surface area contributed by atoms with Crippen LogP contribution >= 0.6 is 7.75 Å². The number of esters is 1. The van der Waals surface area contributed by atoms with Crippen LogP contribution in [0.2, 0.25) is 0 Å². The molecule has 3 N–H and O–H groups in total. The van der Waals surface area contributed by atoms with Crippen molar-refractivity contribution in [2.45, 2.75) is 83.1 Å². The van der Waals surface area contributed by atoms with Crippen LogP contribution in [0, 0.1) is 0 Å². The summed E-state index contributed by atoms with van der Waals surface area (Å²) in [5.74, 6) is -4.85. The van der Waals surface area contributed by atoms with Crippen LogP contribution in [0.1, 0.15) is 56.3 Å². The molecular formula is C32H37F2N4O10P. The molecule has 2 aliphatic heterocycles. The van der Waals surface area contributed by atoms with Gasteiger partial charge in [0.15, 0.2) is 6.10 Å². The molecule has 264 valence electrons. The summed E-state index contributed by atoms with van der Waals surface area (Å²) < 4.78 is 72.0. The number of aliphatic hydroxyl groups excluding tert-OH is 1. The fourth-order valence-corrected chi connectivity index (χ4v) is 6.63. The predicted octanol–water partition coefficient (Wildman–Crippen LogP) is 4.24. The lowest BCUT2D eigenvalue weighted by Gasteiger charge is -2.25. The molecule has 1 fully saturated rings. The van der Waals surface area contributed by atoms with Crippen molar-refractivity contribution in [2.75, 3.05) is 11.9 Å². The Morgan fingerprint density at radius 3 is 2.59 bits per heavy atom. The lowest BCUT2D eigenvalue weighted by Crippen LogP contribution is -2.42. The number of alkyl halides is 2. The maximum atomic E-state index is 15.3. The molecule has 17 heteroatoms. The van der Waals surface area contributed by atoms with E-state index in [1.54, 1.807) is 50.2 Å². The van der Waals surface area contributed by atoms with Crippen molar-refractivity contribution in [3.63, 3.8) is 0 Å². The topological polar surface area (TPSA) is 177 Å². The summed E-state index contributed by atoms with van der Waals surface area (Å²) >= 11 is 0. The van der Waals surface area contributed by atoms with Gasteiger partial charge in [-0.25, -0.2) is 9.36 Å². The molecule has 2 aliphatic rings. The third-order valence-corrected chi connectivity index (χ3v) is 9.25. The summed E-state index contributed by atoms with van der Waals surface area (Å²) in [7, 11) is -4.49. The molecule has 0 aliphatic carbocycles. The molecule has 2 aromatic carbocycles. The number of fused-ring (bicyclic) bond motifs is 1. The van der Waals surface area contributed by atoms with E-state index in [2.05, 4.69) is 15.4 Å². The van der Waals surface area contributed by atoms with Crippen molar-refractivity contribution in [3.8, 4) is 11.5 Å². The van der Waals surface area contributed by atoms with Crippen LogP contribution in [0.25, 0.3) is 0 Å². The minimum absolute atomic E-state index is 0.0612. The van der Waals surface area contributed by atoms with E-state index >= 15 is 8.78 Å². The number of amides is 1. The number of nitrogens with one attached hydrogen (secondary N) is 2. The second-order valence-corrected chi connectivity index (χ2v) is 13.6. The fourth-order valence-electron chi connectivity index (χ4n) is 5.13. The number of aryl methyl sites for hydroxylation is 1. The molecule has 5 rings (SSSR count). The first-order valence-electron chi connectivity index (χ1n) is 15.5. The van der Waals surface area contributed by atoms with Crippen LogP contribution in [0.3, 0.4) is 0 Å². The Labute approximate surface area is 280 Å². The fraction of sp³-hybridized carbons (Fsp3) is 0.438. The lowest BCUT2D eigenvalue weighted by molar-refractivity contribution is -0.149. The van der Waals surface area contributed by atoms with E-state index in [0.717, 1.165) is 30.7 Å². The van der Waals surface area contributed by atoms with Gasteiger partial charge in [-0.2, -0.15) is 18.9 Å². The Balaban J connectivity index is 1.28. The SMILES string of the molecule is CC(C)OC(=O)[C@@H](C)NP(=O)(OC[C@H]1OC(n2ccc(NC(=O)c3ccc4c(c3)CCC(C)O4)nc2=O)C(F)(F)[C@@H]1O)Oc1ccccc1. The summed E-state index contributed by atoms with van der Waals surface area (Å²) in [6, 6.07) is 12.6. The predicted molar refractivity (Wildman–Crippen MR) is 171 cm³/mol. The number of benzene rings is 2. The minimum Gasteiger partial charge on any atom is -0.490 e. The van der Waals surface area contributed by atoms with Crippen LogP contribution in [0.5, 0.6) is 11.5 Å². The molecule has 49 heavy (non-hydrogen) atoms. The van der Waals surface area contributed by atoms with Crippen molar-refractivity contribution in [2.24, 2.45) is 0 Å². The monoisotopic (exact) mass is 706 g/mol. The van der Waals surface area contributed by atoms with E-state index in [9.17, 15) is 24.1 Å². The molecular weight excluding hydrogens is 669 g/mol. The van der Waals surface area contributed by atoms with E-state index in [4.69, 9.17) is 23.3 Å². The first-order valence-corrected chi connectivity index (χ1v) is 17.1. The Kier molecular flexibility index (Phi) is 10.8. The van der Waals surface area contributed by atoms with Gasteiger partial charge in [-0.05, 0) is 82.5 Å². The van der Waals surface area contributed by atoms with Gasteiger partial charge in [-0.15, -0.1) is 0 Å². The second kappa shape index (κ2) is 14.7. The summed E-state index contributed by atoms with van der Waals surface area (Å²) in [6.07, 6.45) is -4.64. The minimum atomic E-state index is -4.49. The molecule has 3 aromatic rings. The zero-order valence-electron chi connectivity index (χ0n) is 27.1.